The number of aryl methyl sites for hydroxylation is 1. The van der Waals surface area contributed by atoms with Gasteiger partial charge in [-0.15, -0.1) is 10.2 Å². The van der Waals surface area contributed by atoms with Crippen LogP contribution < -0.4 is 0 Å². The van der Waals surface area contributed by atoms with Crippen molar-refractivity contribution in [2.45, 2.75) is 19.0 Å². The highest BCUT2D eigenvalue weighted by atomic mass is 32.2. The molecule has 4 nitrogen and oxygen atoms in total. The topological polar surface area (TPSA) is 54.5 Å². The van der Waals surface area contributed by atoms with Crippen molar-refractivity contribution in [1.82, 2.24) is 14.8 Å². The molecule has 0 saturated carbocycles. The first kappa shape index (κ1) is 13.6. The van der Waals surface area contributed by atoms with Gasteiger partial charge in [-0.3, -0.25) is 0 Å². The van der Waals surface area contributed by atoms with Crippen LogP contribution in [-0.4, -0.2) is 20.5 Å². The third-order valence-electron chi connectivity index (χ3n) is 2.83. The van der Waals surface area contributed by atoms with Gasteiger partial charge in [0, 0.05) is 18.4 Å². The number of hydrogen-bond acceptors (Lipinski definition) is 4. The molecule has 0 aliphatic rings. The smallest absolute Gasteiger partial charge is 0.191 e. The molecule has 2 aromatic rings. The first-order chi connectivity index (χ1) is 9.11. The molecule has 0 bridgehead atoms. The van der Waals surface area contributed by atoms with Crippen LogP contribution in [0.4, 0.5) is 0 Å². The molecule has 0 fully saturated rings. The Kier molecular flexibility index (Phi) is 4.23. The molecule has 19 heavy (non-hydrogen) atoms. The summed E-state index contributed by atoms with van der Waals surface area (Å²) in [6.45, 7) is 3.97. The zero-order valence-electron chi connectivity index (χ0n) is 11.3. The van der Waals surface area contributed by atoms with Gasteiger partial charge in [0.1, 0.15) is 0 Å². The number of benzene rings is 1. The summed E-state index contributed by atoms with van der Waals surface area (Å²) in [5.41, 5.74) is 2.28. The van der Waals surface area contributed by atoms with Crippen molar-refractivity contribution in [3.05, 3.63) is 29.8 Å². The fraction of sp³-hybridized carbons (Fsp3) is 0.357. The molecule has 0 radical (unpaired) electrons. The lowest BCUT2D eigenvalue weighted by Gasteiger charge is -2.04. The summed E-state index contributed by atoms with van der Waals surface area (Å²) in [6, 6.07) is 10.4. The van der Waals surface area contributed by atoms with Crippen molar-refractivity contribution in [3.8, 4) is 17.5 Å². The molecule has 0 aliphatic carbocycles. The van der Waals surface area contributed by atoms with Crippen molar-refractivity contribution < 1.29 is 0 Å². The summed E-state index contributed by atoms with van der Waals surface area (Å²) >= 11 is 1.57. The molecule has 0 N–H and O–H groups in total. The summed E-state index contributed by atoms with van der Waals surface area (Å²) in [5.74, 6) is 1.60. The van der Waals surface area contributed by atoms with Gasteiger partial charge in [-0.25, -0.2) is 0 Å². The minimum Gasteiger partial charge on any atom is -0.305 e. The highest BCUT2D eigenvalue weighted by molar-refractivity contribution is 7.99. The SMILES string of the molecule is Cc1ccc(-c2nnc(SC[C@H](C)C#N)n2C)cc1. The molecule has 1 aromatic heterocycles. The van der Waals surface area contributed by atoms with E-state index in [1.165, 1.54) is 5.56 Å². The second-order valence-electron chi connectivity index (χ2n) is 4.57. The van der Waals surface area contributed by atoms with Crippen LogP contribution >= 0.6 is 11.8 Å². The van der Waals surface area contributed by atoms with E-state index < -0.39 is 0 Å². The van der Waals surface area contributed by atoms with Gasteiger partial charge in [-0.1, -0.05) is 41.6 Å². The Labute approximate surface area is 117 Å². The van der Waals surface area contributed by atoms with E-state index in [-0.39, 0.29) is 5.92 Å². The quantitative estimate of drug-likeness (QED) is 0.803. The predicted molar refractivity (Wildman–Crippen MR) is 76.7 cm³/mol. The third kappa shape index (κ3) is 3.15. The zero-order chi connectivity index (χ0) is 13.8. The molecule has 1 aromatic carbocycles. The Balaban J connectivity index is 2.18. The molecule has 0 saturated heterocycles. The van der Waals surface area contributed by atoms with Crippen LogP contribution in [0.5, 0.6) is 0 Å². The van der Waals surface area contributed by atoms with E-state index in [9.17, 15) is 0 Å². The minimum atomic E-state index is 0.0181. The van der Waals surface area contributed by atoms with Crippen molar-refractivity contribution in [2.75, 3.05) is 5.75 Å². The van der Waals surface area contributed by atoms with Crippen LogP contribution in [0.15, 0.2) is 29.4 Å². The fourth-order valence-corrected chi connectivity index (χ4v) is 2.48. The Hall–Kier alpha value is -1.80. The van der Waals surface area contributed by atoms with Crippen LogP contribution in [0.1, 0.15) is 12.5 Å². The van der Waals surface area contributed by atoms with Gasteiger partial charge < -0.3 is 4.57 Å². The number of thioether (sulfide) groups is 1. The van der Waals surface area contributed by atoms with E-state index in [0.717, 1.165) is 22.3 Å². The molecule has 0 unspecified atom stereocenters. The summed E-state index contributed by atoms with van der Waals surface area (Å²) in [4.78, 5) is 0. The summed E-state index contributed by atoms with van der Waals surface area (Å²) in [5, 5.41) is 18.0. The highest BCUT2D eigenvalue weighted by Gasteiger charge is 2.12. The number of hydrogen-bond donors (Lipinski definition) is 0. The fourth-order valence-electron chi connectivity index (χ4n) is 1.63. The van der Waals surface area contributed by atoms with Gasteiger partial charge in [-0.2, -0.15) is 5.26 Å². The average molecular weight is 272 g/mol. The second kappa shape index (κ2) is 5.89. The standard InChI is InChI=1S/C14H16N4S/c1-10-4-6-12(7-5-10)13-16-17-14(18(13)3)19-9-11(2)8-15/h4-7,11H,9H2,1-3H3/t11-/m1/s1. The molecule has 2 rings (SSSR count). The van der Waals surface area contributed by atoms with Crippen molar-refractivity contribution in [1.29, 1.82) is 5.26 Å². The zero-order valence-corrected chi connectivity index (χ0v) is 12.1. The van der Waals surface area contributed by atoms with Gasteiger partial charge in [0.15, 0.2) is 11.0 Å². The van der Waals surface area contributed by atoms with Crippen molar-refractivity contribution >= 4 is 11.8 Å². The second-order valence-corrected chi connectivity index (χ2v) is 5.56. The lowest BCUT2D eigenvalue weighted by atomic mass is 10.1. The first-order valence-electron chi connectivity index (χ1n) is 6.10. The lowest BCUT2D eigenvalue weighted by Crippen LogP contribution is -1.98. The van der Waals surface area contributed by atoms with Crippen LogP contribution in [-0.2, 0) is 7.05 Å². The highest BCUT2D eigenvalue weighted by Crippen LogP contribution is 2.24. The Bertz CT molecular complexity index is 595. The number of nitriles is 1. The number of rotatable bonds is 4. The molecule has 5 heteroatoms. The summed E-state index contributed by atoms with van der Waals surface area (Å²) in [7, 11) is 1.95. The van der Waals surface area contributed by atoms with Crippen LogP contribution in [0.25, 0.3) is 11.4 Å². The molecular weight excluding hydrogens is 256 g/mol. The van der Waals surface area contributed by atoms with E-state index in [4.69, 9.17) is 5.26 Å². The van der Waals surface area contributed by atoms with E-state index in [1.807, 2.05) is 30.7 Å². The summed E-state index contributed by atoms with van der Waals surface area (Å²) < 4.78 is 1.97. The number of aromatic nitrogens is 3. The summed E-state index contributed by atoms with van der Waals surface area (Å²) in [6.07, 6.45) is 0. The molecule has 0 spiro atoms. The predicted octanol–water partition coefficient (Wildman–Crippen LogP) is 3.04. The average Bonchev–Trinajstić information content (AvgIpc) is 2.78. The maximum absolute atomic E-state index is 8.79. The molecule has 1 atom stereocenters. The lowest BCUT2D eigenvalue weighted by molar-refractivity contribution is 0.786. The molecule has 98 valence electrons. The maximum atomic E-state index is 8.79. The van der Waals surface area contributed by atoms with Gasteiger partial charge >= 0.3 is 0 Å². The molecule has 1 heterocycles. The van der Waals surface area contributed by atoms with Crippen molar-refractivity contribution in [3.63, 3.8) is 0 Å². The largest absolute Gasteiger partial charge is 0.305 e. The third-order valence-corrected chi connectivity index (χ3v) is 4.11. The van der Waals surface area contributed by atoms with E-state index in [1.54, 1.807) is 11.8 Å². The normalized spacial score (nSPS) is 12.1. The van der Waals surface area contributed by atoms with E-state index >= 15 is 0 Å². The van der Waals surface area contributed by atoms with Crippen LogP contribution in [0.3, 0.4) is 0 Å². The van der Waals surface area contributed by atoms with Crippen LogP contribution in [0, 0.1) is 24.2 Å². The van der Waals surface area contributed by atoms with Gasteiger partial charge in [-0.05, 0) is 13.8 Å². The first-order valence-corrected chi connectivity index (χ1v) is 7.09. The van der Waals surface area contributed by atoms with Gasteiger partial charge in [0.2, 0.25) is 0 Å². The Morgan fingerprint density at radius 2 is 2.00 bits per heavy atom. The minimum absolute atomic E-state index is 0.0181. The van der Waals surface area contributed by atoms with E-state index in [2.05, 4.69) is 35.3 Å². The monoisotopic (exact) mass is 272 g/mol. The van der Waals surface area contributed by atoms with Gasteiger partial charge in [0.05, 0.1) is 12.0 Å². The molecule has 0 aliphatic heterocycles. The Morgan fingerprint density at radius 1 is 1.32 bits per heavy atom. The van der Waals surface area contributed by atoms with E-state index in [0.29, 0.717) is 0 Å². The Morgan fingerprint density at radius 3 is 2.63 bits per heavy atom. The molecule has 0 amide bonds. The maximum Gasteiger partial charge on any atom is 0.191 e. The van der Waals surface area contributed by atoms with Crippen molar-refractivity contribution in [2.24, 2.45) is 13.0 Å². The van der Waals surface area contributed by atoms with Gasteiger partial charge in [0.25, 0.3) is 0 Å². The van der Waals surface area contributed by atoms with Crippen LogP contribution in [0.2, 0.25) is 0 Å². The molecular formula is C14H16N4S. The number of nitrogens with zero attached hydrogens (tertiary/aromatic N) is 4.